The van der Waals surface area contributed by atoms with Gasteiger partial charge >= 0.3 is 0 Å². The van der Waals surface area contributed by atoms with Gasteiger partial charge in [-0.1, -0.05) is 6.07 Å². The Hall–Kier alpha value is -1.04. The highest BCUT2D eigenvalue weighted by molar-refractivity contribution is 6.04. The summed E-state index contributed by atoms with van der Waals surface area (Å²) in [5.74, 6) is 0.0177. The largest absolute Gasteiger partial charge is 0.508 e. The summed E-state index contributed by atoms with van der Waals surface area (Å²) < 4.78 is 0. The van der Waals surface area contributed by atoms with Crippen LogP contribution in [0.3, 0.4) is 0 Å². The second-order valence-electron chi connectivity index (χ2n) is 2.97. The second kappa shape index (κ2) is 5.00. The van der Waals surface area contributed by atoms with Crippen LogP contribution in [0.15, 0.2) is 18.2 Å². The van der Waals surface area contributed by atoms with Gasteiger partial charge in [-0.25, -0.2) is 0 Å². The van der Waals surface area contributed by atoms with Crippen LogP contribution in [-0.4, -0.2) is 29.8 Å². The topological polar surface area (TPSA) is 72.7 Å². The summed E-state index contributed by atoms with van der Waals surface area (Å²) >= 11 is 0. The monoisotopic (exact) mass is 193 g/mol. The number of aromatic hydroxyl groups is 1. The van der Waals surface area contributed by atoms with Gasteiger partial charge < -0.3 is 20.5 Å². The first-order valence-corrected chi connectivity index (χ1v) is 4.23. The molecule has 1 rings (SSSR count). The molecule has 5 heteroatoms. The Kier molecular flexibility index (Phi) is 3.94. The molecule has 1 aromatic carbocycles. The summed E-state index contributed by atoms with van der Waals surface area (Å²) in [5, 5.41) is 30.0. The van der Waals surface area contributed by atoms with E-state index in [1.807, 2.05) is 0 Å². The van der Waals surface area contributed by atoms with Crippen LogP contribution in [0.4, 0.5) is 0 Å². The van der Waals surface area contributed by atoms with Gasteiger partial charge in [0.05, 0.1) is 12.7 Å². The van der Waals surface area contributed by atoms with Crippen LogP contribution in [0.2, 0.25) is 0 Å². The van der Waals surface area contributed by atoms with Gasteiger partial charge in [-0.2, -0.15) is 0 Å². The second-order valence-corrected chi connectivity index (χ2v) is 2.97. The fourth-order valence-electron chi connectivity index (χ4n) is 1.17. The molecule has 0 aliphatic rings. The third-order valence-electron chi connectivity index (χ3n) is 1.97. The molecule has 4 nitrogen and oxygen atoms in total. The van der Waals surface area contributed by atoms with E-state index in [4.69, 9.17) is 13.1 Å². The lowest BCUT2D eigenvalue weighted by molar-refractivity contribution is 0.182. The Morgan fingerprint density at radius 3 is 2.71 bits per heavy atom. The molecule has 0 spiro atoms. The van der Waals surface area contributed by atoms with Crippen LogP contribution < -0.4 is 5.23 Å². The Morgan fingerprint density at radius 2 is 2.14 bits per heavy atom. The van der Waals surface area contributed by atoms with E-state index in [0.717, 1.165) is 0 Å². The average Bonchev–Trinajstić information content (AvgIpc) is 2.19. The van der Waals surface area contributed by atoms with Crippen molar-refractivity contribution in [3.05, 3.63) is 29.3 Å². The number of aliphatic hydroxyl groups excluding tert-OH is 2. The van der Waals surface area contributed by atoms with Gasteiger partial charge in [0.25, 0.3) is 0 Å². The van der Waals surface area contributed by atoms with E-state index < -0.39 is 6.10 Å². The number of aliphatic hydroxyl groups is 2. The van der Waals surface area contributed by atoms with Crippen LogP contribution >= 0.6 is 0 Å². The van der Waals surface area contributed by atoms with Crippen molar-refractivity contribution >= 4 is 7.98 Å². The summed E-state index contributed by atoms with van der Waals surface area (Å²) in [5.41, 5.74) is 0.989. The molecule has 0 aromatic heterocycles. The highest BCUT2D eigenvalue weighted by Crippen LogP contribution is 2.21. The van der Waals surface area contributed by atoms with Crippen LogP contribution in [-0.2, 0) is 6.61 Å². The molecular formula is C9H12BNO3. The van der Waals surface area contributed by atoms with Crippen molar-refractivity contribution in [3.63, 3.8) is 0 Å². The normalized spacial score (nSPS) is 12.7. The van der Waals surface area contributed by atoms with Gasteiger partial charge in [-0.15, -0.1) is 0 Å². The van der Waals surface area contributed by atoms with Crippen molar-refractivity contribution < 1.29 is 15.3 Å². The fraction of sp³-hybridized carbons (Fsp3) is 0.333. The molecule has 0 fully saturated rings. The molecule has 1 aromatic rings. The summed E-state index contributed by atoms with van der Waals surface area (Å²) in [6, 6.07) is 4.55. The van der Waals surface area contributed by atoms with Crippen LogP contribution in [0.5, 0.6) is 5.75 Å². The number of nitrogens with one attached hydrogen (secondary N) is 1. The first kappa shape index (κ1) is 11.0. The van der Waals surface area contributed by atoms with E-state index in [1.165, 1.54) is 12.1 Å². The maximum Gasteiger partial charge on any atom is 0.177 e. The van der Waals surface area contributed by atoms with Crippen molar-refractivity contribution in [1.82, 2.24) is 5.23 Å². The highest BCUT2D eigenvalue weighted by Gasteiger charge is 2.08. The van der Waals surface area contributed by atoms with Gasteiger partial charge in [-0.05, 0) is 17.7 Å². The molecule has 0 unspecified atom stereocenters. The lowest BCUT2D eigenvalue weighted by Gasteiger charge is -2.12. The van der Waals surface area contributed by atoms with E-state index in [-0.39, 0.29) is 18.9 Å². The van der Waals surface area contributed by atoms with Gasteiger partial charge in [0, 0.05) is 12.1 Å². The number of rotatable bonds is 4. The predicted molar refractivity (Wildman–Crippen MR) is 52.7 cm³/mol. The van der Waals surface area contributed by atoms with Crippen molar-refractivity contribution in [1.29, 1.82) is 0 Å². The Bertz CT molecular complexity index is 306. The minimum atomic E-state index is -0.745. The van der Waals surface area contributed by atoms with Crippen molar-refractivity contribution in [2.75, 3.05) is 6.54 Å². The standard InChI is InChI=1S/C9H12BNO3/c10-11-4-9(14)6-1-2-8(13)7(3-6)5-12/h1-3,9,11-14H,4-5H2/t9-/m0/s1. The number of hydrogen-bond donors (Lipinski definition) is 4. The predicted octanol–water partition coefficient (Wildman–Crippen LogP) is -0.409. The van der Waals surface area contributed by atoms with Gasteiger partial charge in [0.2, 0.25) is 0 Å². The fourth-order valence-corrected chi connectivity index (χ4v) is 1.17. The molecule has 2 radical (unpaired) electrons. The zero-order valence-electron chi connectivity index (χ0n) is 7.64. The molecule has 0 saturated heterocycles. The van der Waals surface area contributed by atoms with Gasteiger partial charge in [0.15, 0.2) is 7.98 Å². The van der Waals surface area contributed by atoms with Crippen LogP contribution in [0.25, 0.3) is 0 Å². The zero-order valence-corrected chi connectivity index (χ0v) is 7.64. The maximum absolute atomic E-state index is 9.53. The molecule has 0 aliphatic carbocycles. The summed E-state index contributed by atoms with van der Waals surface area (Å²) in [7, 11) is 5.06. The van der Waals surface area contributed by atoms with E-state index in [9.17, 15) is 10.2 Å². The number of phenols is 1. The maximum atomic E-state index is 9.53. The van der Waals surface area contributed by atoms with E-state index in [1.54, 1.807) is 6.07 Å². The highest BCUT2D eigenvalue weighted by atomic mass is 16.3. The van der Waals surface area contributed by atoms with Crippen LogP contribution in [0, 0.1) is 0 Å². The third-order valence-corrected chi connectivity index (χ3v) is 1.97. The van der Waals surface area contributed by atoms with Crippen molar-refractivity contribution in [3.8, 4) is 5.75 Å². The quantitative estimate of drug-likeness (QED) is 0.490. The van der Waals surface area contributed by atoms with Gasteiger partial charge in [0.1, 0.15) is 5.75 Å². The molecule has 0 heterocycles. The van der Waals surface area contributed by atoms with Crippen LogP contribution in [0.1, 0.15) is 17.2 Å². The number of benzene rings is 1. The molecule has 0 aliphatic heterocycles. The SMILES string of the molecule is [B]NC[C@H](O)c1ccc(O)c(CO)c1. The lowest BCUT2D eigenvalue weighted by Crippen LogP contribution is -2.18. The van der Waals surface area contributed by atoms with E-state index >= 15 is 0 Å². The Morgan fingerprint density at radius 1 is 1.43 bits per heavy atom. The molecule has 4 N–H and O–H groups in total. The molecule has 14 heavy (non-hydrogen) atoms. The minimum absolute atomic E-state index is 0.0177. The van der Waals surface area contributed by atoms with Gasteiger partial charge in [-0.3, -0.25) is 0 Å². The molecule has 0 bridgehead atoms. The lowest BCUT2D eigenvalue weighted by atomic mass is 10.0. The third kappa shape index (κ3) is 2.48. The summed E-state index contributed by atoms with van der Waals surface area (Å²) in [6.07, 6.45) is -0.745. The zero-order chi connectivity index (χ0) is 10.6. The minimum Gasteiger partial charge on any atom is -0.508 e. The molecule has 74 valence electrons. The van der Waals surface area contributed by atoms with Crippen molar-refractivity contribution in [2.45, 2.75) is 12.7 Å². The Labute approximate surface area is 83.6 Å². The smallest absolute Gasteiger partial charge is 0.177 e. The molecular weight excluding hydrogens is 181 g/mol. The number of hydrogen-bond acceptors (Lipinski definition) is 4. The molecule has 0 saturated carbocycles. The summed E-state index contributed by atoms with van der Waals surface area (Å²) in [4.78, 5) is 0. The van der Waals surface area contributed by atoms with Crippen molar-refractivity contribution in [2.24, 2.45) is 0 Å². The Balaban J connectivity index is 2.88. The molecule has 1 atom stereocenters. The van der Waals surface area contributed by atoms with E-state index in [0.29, 0.717) is 11.1 Å². The summed E-state index contributed by atoms with van der Waals surface area (Å²) in [6.45, 7) is -0.0436. The van der Waals surface area contributed by atoms with E-state index in [2.05, 4.69) is 5.23 Å². The average molecular weight is 193 g/mol. The first-order valence-electron chi connectivity index (χ1n) is 4.23. The first-order chi connectivity index (χ1) is 6.69. The molecule has 0 amide bonds.